The summed E-state index contributed by atoms with van der Waals surface area (Å²) in [6, 6.07) is 0.398. The molecule has 1 aromatic heterocycles. The highest BCUT2D eigenvalue weighted by atomic mass is 32.2. The first kappa shape index (κ1) is 18.0. The van der Waals surface area contributed by atoms with Gasteiger partial charge in [-0.3, -0.25) is 4.79 Å². The van der Waals surface area contributed by atoms with Gasteiger partial charge in [0.2, 0.25) is 11.1 Å². The van der Waals surface area contributed by atoms with E-state index in [2.05, 4.69) is 20.8 Å². The summed E-state index contributed by atoms with van der Waals surface area (Å²) < 4.78 is 1.97. The molecule has 5 fully saturated rings. The van der Waals surface area contributed by atoms with E-state index in [9.17, 15) is 4.79 Å². The van der Waals surface area contributed by atoms with Crippen LogP contribution in [0.3, 0.4) is 0 Å². The first-order chi connectivity index (χ1) is 13.1. The third kappa shape index (κ3) is 3.52. The zero-order valence-corrected chi connectivity index (χ0v) is 17.1. The minimum atomic E-state index is -0.161. The highest BCUT2D eigenvalue weighted by Crippen LogP contribution is 2.55. The summed E-state index contributed by atoms with van der Waals surface area (Å²) >= 11 is 1.52. The van der Waals surface area contributed by atoms with Crippen LogP contribution in [0, 0.1) is 17.8 Å². The average molecular weight is 390 g/mol. The molecule has 0 aromatic carbocycles. The molecular formula is C20H31N5OS. The fourth-order valence-corrected chi connectivity index (χ4v) is 7.52. The highest BCUT2D eigenvalue weighted by Gasteiger charge is 2.51. The Kier molecular flexibility index (Phi) is 4.69. The van der Waals surface area contributed by atoms with Gasteiger partial charge < -0.3 is 5.32 Å². The predicted octanol–water partition coefficient (Wildman–Crippen LogP) is 3.74. The van der Waals surface area contributed by atoms with Crippen LogP contribution in [-0.4, -0.2) is 36.9 Å². The Labute approximate surface area is 165 Å². The number of carbonyl (C=O) groups is 1. The average Bonchev–Trinajstić information content (AvgIpc) is 3.09. The van der Waals surface area contributed by atoms with E-state index in [4.69, 9.17) is 0 Å². The molecule has 7 heteroatoms. The van der Waals surface area contributed by atoms with Gasteiger partial charge in [0.25, 0.3) is 0 Å². The Morgan fingerprint density at radius 1 is 1.11 bits per heavy atom. The molecule has 0 spiro atoms. The van der Waals surface area contributed by atoms with Crippen molar-refractivity contribution in [1.82, 2.24) is 25.5 Å². The number of aromatic nitrogens is 4. The lowest BCUT2D eigenvalue weighted by Crippen LogP contribution is -2.60. The minimum Gasteiger partial charge on any atom is -0.350 e. The molecule has 5 aliphatic carbocycles. The molecule has 27 heavy (non-hydrogen) atoms. The molecule has 4 bridgehead atoms. The van der Waals surface area contributed by atoms with E-state index >= 15 is 0 Å². The second-order valence-electron chi connectivity index (χ2n) is 9.65. The standard InChI is InChI=1S/C20H31N5OS/c1-13(27-19-22-23-24-25(19)17-5-3-2-4-6-17)18(26)21-20-10-14-7-15(11-20)9-16(8-14)12-20/h13-17H,2-12H2,1H3,(H,21,26). The van der Waals surface area contributed by atoms with Gasteiger partial charge in [0, 0.05) is 5.54 Å². The third-order valence-corrected chi connectivity index (χ3v) is 8.51. The van der Waals surface area contributed by atoms with Crippen LogP contribution >= 0.6 is 11.8 Å². The van der Waals surface area contributed by atoms with Gasteiger partial charge >= 0.3 is 0 Å². The van der Waals surface area contributed by atoms with Crippen LogP contribution in [0.15, 0.2) is 5.16 Å². The third-order valence-electron chi connectivity index (χ3n) is 7.46. The lowest BCUT2D eigenvalue weighted by atomic mass is 9.53. The molecular weight excluding hydrogens is 358 g/mol. The number of nitrogens with zero attached hydrogens (tertiary/aromatic N) is 4. The van der Waals surface area contributed by atoms with Crippen LogP contribution in [0.25, 0.3) is 0 Å². The van der Waals surface area contributed by atoms with E-state index in [1.165, 1.54) is 69.5 Å². The molecule has 0 saturated heterocycles. The summed E-state index contributed by atoms with van der Waals surface area (Å²) in [5.74, 6) is 2.70. The summed E-state index contributed by atoms with van der Waals surface area (Å²) in [5.41, 5.74) is 0.0793. The second kappa shape index (κ2) is 7.05. The van der Waals surface area contributed by atoms with Crippen molar-refractivity contribution >= 4 is 17.7 Å². The smallest absolute Gasteiger partial charge is 0.233 e. The lowest BCUT2D eigenvalue weighted by Gasteiger charge is -2.57. The molecule has 5 aliphatic rings. The summed E-state index contributed by atoms with van der Waals surface area (Å²) in [6.45, 7) is 2.00. The van der Waals surface area contributed by atoms with E-state index in [0.29, 0.717) is 6.04 Å². The molecule has 1 amide bonds. The van der Waals surface area contributed by atoms with Crippen molar-refractivity contribution < 1.29 is 4.79 Å². The number of amides is 1. The number of thioether (sulfide) groups is 1. The van der Waals surface area contributed by atoms with Gasteiger partial charge in [-0.2, -0.15) is 0 Å². The quantitative estimate of drug-likeness (QED) is 0.777. The number of nitrogens with one attached hydrogen (secondary N) is 1. The van der Waals surface area contributed by atoms with Gasteiger partial charge in [-0.1, -0.05) is 31.0 Å². The van der Waals surface area contributed by atoms with Crippen LogP contribution < -0.4 is 5.32 Å². The van der Waals surface area contributed by atoms with Crippen LogP contribution in [0.2, 0.25) is 0 Å². The SMILES string of the molecule is CC(Sc1nnnn1C1CCCCC1)C(=O)NC12CC3CC(CC(C3)C1)C2. The van der Waals surface area contributed by atoms with E-state index in [0.717, 1.165) is 35.8 Å². The number of hydrogen-bond donors (Lipinski definition) is 1. The largest absolute Gasteiger partial charge is 0.350 e. The topological polar surface area (TPSA) is 72.7 Å². The van der Waals surface area contributed by atoms with Gasteiger partial charge in [0.05, 0.1) is 11.3 Å². The fraction of sp³-hybridized carbons (Fsp3) is 0.900. The molecule has 5 saturated carbocycles. The predicted molar refractivity (Wildman–Crippen MR) is 104 cm³/mol. The number of rotatable bonds is 5. The maximum atomic E-state index is 13.0. The molecule has 1 atom stereocenters. The zero-order chi connectivity index (χ0) is 18.4. The summed E-state index contributed by atoms with van der Waals surface area (Å²) in [7, 11) is 0. The Morgan fingerprint density at radius 2 is 1.74 bits per heavy atom. The molecule has 1 heterocycles. The van der Waals surface area contributed by atoms with Crippen LogP contribution in [0.4, 0.5) is 0 Å². The zero-order valence-electron chi connectivity index (χ0n) is 16.3. The summed E-state index contributed by atoms with van der Waals surface area (Å²) in [6.07, 6.45) is 13.9. The van der Waals surface area contributed by atoms with Crippen molar-refractivity contribution in [3.8, 4) is 0 Å². The maximum absolute atomic E-state index is 13.0. The van der Waals surface area contributed by atoms with Gasteiger partial charge in [0.1, 0.15) is 0 Å². The van der Waals surface area contributed by atoms with Crippen molar-refractivity contribution in [2.24, 2.45) is 17.8 Å². The minimum absolute atomic E-state index is 0.0793. The van der Waals surface area contributed by atoms with Gasteiger partial charge in [-0.25, -0.2) is 4.68 Å². The first-order valence-electron chi connectivity index (χ1n) is 10.9. The molecule has 1 aromatic rings. The Morgan fingerprint density at radius 3 is 2.37 bits per heavy atom. The second-order valence-corrected chi connectivity index (χ2v) is 11.0. The molecule has 6 nitrogen and oxygen atoms in total. The fourth-order valence-electron chi connectivity index (χ4n) is 6.66. The van der Waals surface area contributed by atoms with Gasteiger partial charge in [0.15, 0.2) is 0 Å². The Bertz CT molecular complexity index is 663. The van der Waals surface area contributed by atoms with Crippen LogP contribution in [0.5, 0.6) is 0 Å². The van der Waals surface area contributed by atoms with Crippen molar-refractivity contribution in [2.45, 2.75) is 99.5 Å². The molecule has 0 aliphatic heterocycles. The van der Waals surface area contributed by atoms with E-state index < -0.39 is 0 Å². The molecule has 1 N–H and O–H groups in total. The van der Waals surface area contributed by atoms with E-state index in [-0.39, 0.29) is 16.7 Å². The first-order valence-corrected chi connectivity index (χ1v) is 11.7. The lowest BCUT2D eigenvalue weighted by molar-refractivity contribution is -0.126. The van der Waals surface area contributed by atoms with Crippen molar-refractivity contribution in [1.29, 1.82) is 0 Å². The summed E-state index contributed by atoms with van der Waals surface area (Å²) in [5, 5.41) is 16.5. The Hall–Kier alpha value is -1.11. The van der Waals surface area contributed by atoms with E-state index in [1.54, 1.807) is 0 Å². The molecule has 148 valence electrons. The molecule has 1 unspecified atom stereocenters. The maximum Gasteiger partial charge on any atom is 0.233 e. The van der Waals surface area contributed by atoms with Gasteiger partial charge in [-0.15, -0.1) is 5.10 Å². The monoisotopic (exact) mass is 389 g/mol. The van der Waals surface area contributed by atoms with Crippen molar-refractivity contribution in [2.75, 3.05) is 0 Å². The van der Waals surface area contributed by atoms with Crippen molar-refractivity contribution in [3.63, 3.8) is 0 Å². The normalized spacial score (nSPS) is 36.7. The number of tetrazole rings is 1. The highest BCUT2D eigenvalue weighted by molar-refractivity contribution is 8.00. The van der Waals surface area contributed by atoms with Crippen LogP contribution in [0.1, 0.15) is 83.6 Å². The number of carbonyl (C=O) groups excluding carboxylic acids is 1. The Balaban J connectivity index is 1.24. The summed E-state index contributed by atoms with van der Waals surface area (Å²) in [4.78, 5) is 13.0. The molecule has 6 rings (SSSR count). The van der Waals surface area contributed by atoms with Crippen LogP contribution in [-0.2, 0) is 4.79 Å². The van der Waals surface area contributed by atoms with Crippen molar-refractivity contribution in [3.05, 3.63) is 0 Å². The van der Waals surface area contributed by atoms with Gasteiger partial charge in [-0.05, 0) is 86.5 Å². The van der Waals surface area contributed by atoms with E-state index in [1.807, 2.05) is 11.6 Å². The number of hydrogen-bond acceptors (Lipinski definition) is 5. The molecule has 0 radical (unpaired) electrons.